The van der Waals surface area contributed by atoms with Gasteiger partial charge in [0, 0.05) is 24.9 Å². The van der Waals surface area contributed by atoms with Gasteiger partial charge in [-0.25, -0.2) is 4.39 Å². The highest BCUT2D eigenvalue weighted by Gasteiger charge is 2.30. The monoisotopic (exact) mass is 353 g/mol. The molecule has 0 aliphatic carbocycles. The van der Waals surface area contributed by atoms with Gasteiger partial charge in [0.2, 0.25) is 5.91 Å². The number of ketones is 1. The summed E-state index contributed by atoms with van der Waals surface area (Å²) < 4.78 is 50.6. The Morgan fingerprint density at radius 3 is 2.28 bits per heavy atom. The van der Waals surface area contributed by atoms with Gasteiger partial charge >= 0.3 is 6.18 Å². The van der Waals surface area contributed by atoms with Crippen LogP contribution in [0.5, 0.6) is 0 Å². The quantitative estimate of drug-likeness (QED) is 0.627. The van der Waals surface area contributed by atoms with Gasteiger partial charge < -0.3 is 5.32 Å². The van der Waals surface area contributed by atoms with Crippen LogP contribution >= 0.6 is 0 Å². The third-order valence-electron chi connectivity index (χ3n) is 3.49. The van der Waals surface area contributed by atoms with Crippen LogP contribution in [0.3, 0.4) is 0 Å². The van der Waals surface area contributed by atoms with E-state index >= 15 is 0 Å². The molecule has 2 rings (SSSR count). The summed E-state index contributed by atoms with van der Waals surface area (Å²) in [5.41, 5.74) is -0.175. The van der Waals surface area contributed by atoms with Crippen molar-refractivity contribution in [3.05, 3.63) is 71.0 Å². The summed E-state index contributed by atoms with van der Waals surface area (Å²) in [6.45, 7) is -0.0620. The van der Waals surface area contributed by atoms with Gasteiger partial charge in [-0.15, -0.1) is 0 Å². The molecule has 132 valence electrons. The van der Waals surface area contributed by atoms with Crippen molar-refractivity contribution in [1.29, 1.82) is 0 Å². The van der Waals surface area contributed by atoms with Crippen LogP contribution in [0.4, 0.5) is 17.6 Å². The van der Waals surface area contributed by atoms with E-state index in [1.165, 1.54) is 24.3 Å². The normalized spacial score (nSPS) is 11.2. The number of alkyl halides is 3. The van der Waals surface area contributed by atoms with Gasteiger partial charge in [-0.2, -0.15) is 13.2 Å². The lowest BCUT2D eigenvalue weighted by Crippen LogP contribution is -2.23. The molecular formula is C18H15F4NO2. The first-order chi connectivity index (χ1) is 11.8. The molecule has 0 bridgehead atoms. The van der Waals surface area contributed by atoms with Crippen molar-refractivity contribution < 1.29 is 27.2 Å². The highest BCUT2D eigenvalue weighted by molar-refractivity contribution is 5.97. The SMILES string of the molecule is O=C(CCC(=O)c1ccc(F)cc1)NCc1cccc(C(F)(F)F)c1. The molecule has 0 atom stereocenters. The molecule has 0 aromatic heterocycles. The Balaban J connectivity index is 1.83. The largest absolute Gasteiger partial charge is 0.416 e. The minimum Gasteiger partial charge on any atom is -0.352 e. The van der Waals surface area contributed by atoms with E-state index in [0.717, 1.165) is 24.3 Å². The number of rotatable bonds is 6. The van der Waals surface area contributed by atoms with Crippen LogP contribution in [0.1, 0.15) is 34.3 Å². The maximum absolute atomic E-state index is 12.8. The van der Waals surface area contributed by atoms with E-state index in [1.807, 2.05) is 0 Å². The number of nitrogens with one attached hydrogen (secondary N) is 1. The van der Waals surface area contributed by atoms with E-state index in [4.69, 9.17) is 0 Å². The van der Waals surface area contributed by atoms with Crippen molar-refractivity contribution in [2.45, 2.75) is 25.6 Å². The molecule has 25 heavy (non-hydrogen) atoms. The second kappa shape index (κ2) is 7.92. The Hall–Kier alpha value is -2.70. The maximum Gasteiger partial charge on any atom is 0.416 e. The molecule has 0 radical (unpaired) electrons. The van der Waals surface area contributed by atoms with Crippen LogP contribution in [0.2, 0.25) is 0 Å². The molecular weight excluding hydrogens is 338 g/mol. The van der Waals surface area contributed by atoms with Crippen molar-refractivity contribution in [3.8, 4) is 0 Å². The highest BCUT2D eigenvalue weighted by atomic mass is 19.4. The Kier molecular flexibility index (Phi) is 5.90. The van der Waals surface area contributed by atoms with Crippen molar-refractivity contribution in [2.75, 3.05) is 0 Å². The van der Waals surface area contributed by atoms with E-state index in [2.05, 4.69) is 5.32 Å². The predicted octanol–water partition coefficient (Wildman–Crippen LogP) is 4.12. The van der Waals surface area contributed by atoms with Gasteiger partial charge in [-0.1, -0.05) is 12.1 Å². The van der Waals surface area contributed by atoms with Crippen LogP contribution in [-0.2, 0) is 17.5 Å². The Morgan fingerprint density at radius 2 is 1.64 bits per heavy atom. The zero-order chi connectivity index (χ0) is 18.4. The minimum atomic E-state index is -4.44. The average Bonchev–Trinajstić information content (AvgIpc) is 2.58. The second-order valence-electron chi connectivity index (χ2n) is 5.40. The second-order valence-corrected chi connectivity index (χ2v) is 5.40. The van der Waals surface area contributed by atoms with Gasteiger partial charge in [0.15, 0.2) is 5.78 Å². The maximum atomic E-state index is 12.8. The number of carbonyl (C=O) groups is 2. The number of halogens is 4. The summed E-state index contributed by atoms with van der Waals surface area (Å²) in [4.78, 5) is 23.6. The molecule has 2 aromatic carbocycles. The predicted molar refractivity (Wildman–Crippen MR) is 83.3 cm³/mol. The number of carbonyl (C=O) groups excluding carboxylic acids is 2. The van der Waals surface area contributed by atoms with Crippen molar-refractivity contribution in [3.63, 3.8) is 0 Å². The molecule has 0 saturated carbocycles. The van der Waals surface area contributed by atoms with Crippen LogP contribution in [0.25, 0.3) is 0 Å². The Morgan fingerprint density at radius 1 is 0.960 bits per heavy atom. The third kappa shape index (κ3) is 5.70. The molecule has 2 aromatic rings. The van der Waals surface area contributed by atoms with Crippen molar-refractivity contribution >= 4 is 11.7 Å². The zero-order valence-corrected chi connectivity index (χ0v) is 13.1. The first-order valence-electron chi connectivity index (χ1n) is 7.47. The average molecular weight is 353 g/mol. The molecule has 0 saturated heterocycles. The van der Waals surface area contributed by atoms with Gasteiger partial charge in [0.25, 0.3) is 0 Å². The molecule has 0 fully saturated rings. The number of hydrogen-bond donors (Lipinski definition) is 1. The summed E-state index contributed by atoms with van der Waals surface area (Å²) in [6.07, 6.45) is -4.61. The molecule has 7 heteroatoms. The van der Waals surface area contributed by atoms with Gasteiger partial charge in [0.1, 0.15) is 5.82 Å². The zero-order valence-electron chi connectivity index (χ0n) is 13.1. The van der Waals surface area contributed by atoms with Gasteiger partial charge in [0.05, 0.1) is 5.56 Å². The Labute approximate surface area is 141 Å². The van der Waals surface area contributed by atoms with Crippen molar-refractivity contribution in [2.24, 2.45) is 0 Å². The van der Waals surface area contributed by atoms with E-state index in [-0.39, 0.29) is 25.2 Å². The molecule has 3 nitrogen and oxygen atoms in total. The third-order valence-corrected chi connectivity index (χ3v) is 3.49. The summed E-state index contributed by atoms with van der Waals surface area (Å²) in [5.74, 6) is -1.22. The minimum absolute atomic E-state index is 0.0620. The molecule has 0 unspecified atom stereocenters. The van der Waals surface area contributed by atoms with E-state index in [9.17, 15) is 27.2 Å². The highest BCUT2D eigenvalue weighted by Crippen LogP contribution is 2.29. The smallest absolute Gasteiger partial charge is 0.352 e. The topological polar surface area (TPSA) is 46.2 Å². The molecule has 1 amide bonds. The lowest BCUT2D eigenvalue weighted by Gasteiger charge is -2.09. The summed E-state index contributed by atoms with van der Waals surface area (Å²) >= 11 is 0. The lowest BCUT2D eigenvalue weighted by molar-refractivity contribution is -0.137. The summed E-state index contributed by atoms with van der Waals surface area (Å²) in [5, 5.41) is 2.48. The fourth-order valence-electron chi connectivity index (χ4n) is 2.15. The number of hydrogen-bond acceptors (Lipinski definition) is 2. The molecule has 0 aliphatic heterocycles. The fourth-order valence-corrected chi connectivity index (χ4v) is 2.15. The van der Waals surface area contributed by atoms with E-state index < -0.39 is 23.5 Å². The molecule has 0 spiro atoms. The van der Waals surface area contributed by atoms with Crippen LogP contribution in [0, 0.1) is 5.82 Å². The van der Waals surface area contributed by atoms with Crippen molar-refractivity contribution in [1.82, 2.24) is 5.32 Å². The van der Waals surface area contributed by atoms with Crippen LogP contribution in [-0.4, -0.2) is 11.7 Å². The standard InChI is InChI=1S/C18H15F4NO2/c19-15-6-4-13(5-7-15)16(24)8-9-17(25)23-11-12-2-1-3-14(10-12)18(20,21)22/h1-7,10H,8-9,11H2,(H,23,25). The van der Waals surface area contributed by atoms with E-state index in [1.54, 1.807) is 0 Å². The fraction of sp³-hybridized carbons (Fsp3) is 0.222. The first kappa shape index (κ1) is 18.6. The first-order valence-corrected chi connectivity index (χ1v) is 7.47. The molecule has 0 aliphatic rings. The number of amides is 1. The van der Waals surface area contributed by atoms with Gasteiger partial charge in [-0.05, 0) is 42.0 Å². The lowest BCUT2D eigenvalue weighted by atomic mass is 10.1. The Bertz CT molecular complexity index is 754. The van der Waals surface area contributed by atoms with E-state index in [0.29, 0.717) is 11.1 Å². The molecule has 1 N–H and O–H groups in total. The number of benzene rings is 2. The van der Waals surface area contributed by atoms with Gasteiger partial charge in [-0.3, -0.25) is 9.59 Å². The summed E-state index contributed by atoms with van der Waals surface area (Å²) in [6, 6.07) is 9.62. The number of Topliss-reactive ketones (excluding diaryl/α,β-unsaturated/α-hetero) is 1. The summed E-state index contributed by atoms with van der Waals surface area (Å²) in [7, 11) is 0. The van der Waals surface area contributed by atoms with Crippen LogP contribution in [0.15, 0.2) is 48.5 Å². The molecule has 0 heterocycles. The van der Waals surface area contributed by atoms with Crippen LogP contribution < -0.4 is 5.32 Å².